The highest BCUT2D eigenvalue weighted by Gasteiger charge is 2.31. The number of rotatable bonds is 16. The molecule has 274 valence electrons. The van der Waals surface area contributed by atoms with Gasteiger partial charge in [-0.3, -0.25) is 14.4 Å². The molecule has 1 atom stereocenters. The second-order valence-electron chi connectivity index (χ2n) is 12.5. The zero-order valence-corrected chi connectivity index (χ0v) is 30.4. The van der Waals surface area contributed by atoms with E-state index < -0.39 is 18.4 Å². The lowest BCUT2D eigenvalue weighted by molar-refractivity contribution is -0.129. The number of hydrogen-bond acceptors (Lipinski definition) is 8. The highest BCUT2D eigenvalue weighted by Crippen LogP contribution is 2.47. The van der Waals surface area contributed by atoms with Crippen LogP contribution in [0.3, 0.4) is 0 Å². The van der Waals surface area contributed by atoms with E-state index in [1.807, 2.05) is 53.4 Å². The number of methoxy groups -OCH3 is 1. The van der Waals surface area contributed by atoms with E-state index >= 15 is 4.39 Å². The number of fused-ring (bicyclic) bond motifs is 2. The van der Waals surface area contributed by atoms with Crippen molar-refractivity contribution < 1.29 is 32.2 Å². The molecule has 0 N–H and O–H groups in total. The number of halogens is 3. The maximum absolute atomic E-state index is 16.1. The molecule has 0 fully saturated rings. The average Bonchev–Trinajstić information content (AvgIpc) is 3.82. The lowest BCUT2D eigenvalue weighted by Gasteiger charge is -2.33. The Bertz CT molecular complexity index is 2030. The summed E-state index contributed by atoms with van der Waals surface area (Å²) in [6.45, 7) is 9.81. The Kier molecular flexibility index (Phi) is 11.9. The van der Waals surface area contributed by atoms with Crippen LogP contribution in [-0.2, 0) is 16.1 Å². The first kappa shape index (κ1) is 37.1. The van der Waals surface area contributed by atoms with Crippen LogP contribution in [0.4, 0.5) is 13.2 Å². The van der Waals surface area contributed by atoms with E-state index in [0.29, 0.717) is 65.9 Å². The van der Waals surface area contributed by atoms with Crippen LogP contribution in [0, 0.1) is 11.6 Å². The molecule has 0 unspecified atom stereocenters. The van der Waals surface area contributed by atoms with Crippen LogP contribution in [0.25, 0.3) is 43.9 Å². The number of carbonyl (C=O) groups excluding carboxylic acids is 1. The number of benzene rings is 2. The van der Waals surface area contributed by atoms with Crippen molar-refractivity contribution in [3.05, 3.63) is 83.9 Å². The molecule has 3 aromatic heterocycles. The topological polar surface area (TPSA) is 82.0 Å². The van der Waals surface area contributed by atoms with Gasteiger partial charge in [-0.25, -0.2) is 18.2 Å². The molecular weight excluding hydrogens is 692 g/mol. The molecule has 6 rings (SSSR count). The number of aromatic nitrogens is 3. The fraction of sp³-hybridized carbons (Fsp3) is 0.359. The number of pyridine rings is 1. The molecule has 0 bridgehead atoms. The van der Waals surface area contributed by atoms with E-state index in [0.717, 1.165) is 35.6 Å². The summed E-state index contributed by atoms with van der Waals surface area (Å²) >= 11 is 1.40. The van der Waals surface area contributed by atoms with Crippen molar-refractivity contribution in [2.45, 2.75) is 39.3 Å². The summed E-state index contributed by atoms with van der Waals surface area (Å²) in [6.07, 6.45) is 3.21. The fourth-order valence-corrected chi connectivity index (χ4v) is 7.40. The van der Waals surface area contributed by atoms with E-state index in [-0.39, 0.29) is 36.5 Å². The normalized spacial score (nSPS) is 14.2. The van der Waals surface area contributed by atoms with Crippen molar-refractivity contribution in [2.75, 3.05) is 53.4 Å². The molecule has 1 aliphatic rings. The minimum atomic E-state index is -0.805. The lowest BCUT2D eigenvalue weighted by atomic mass is 9.96. The van der Waals surface area contributed by atoms with Crippen LogP contribution in [0.2, 0.25) is 0 Å². The number of thiophene rings is 1. The monoisotopic (exact) mass is 733 g/mol. The molecule has 52 heavy (non-hydrogen) atoms. The van der Waals surface area contributed by atoms with E-state index in [4.69, 9.17) is 24.3 Å². The van der Waals surface area contributed by atoms with E-state index in [2.05, 4.69) is 13.5 Å². The minimum Gasteiger partial charge on any atom is -0.492 e. The van der Waals surface area contributed by atoms with Crippen molar-refractivity contribution >= 4 is 27.3 Å². The Labute approximate surface area is 305 Å². The summed E-state index contributed by atoms with van der Waals surface area (Å²) < 4.78 is 63.8. The predicted octanol–water partition coefficient (Wildman–Crippen LogP) is 8.29. The van der Waals surface area contributed by atoms with Gasteiger partial charge >= 0.3 is 0 Å². The van der Waals surface area contributed by atoms with Gasteiger partial charge in [-0.05, 0) is 61.2 Å². The first-order chi connectivity index (χ1) is 25.3. The Morgan fingerprint density at radius 1 is 1.04 bits per heavy atom. The number of amides is 1. The second kappa shape index (κ2) is 16.7. The maximum atomic E-state index is 16.1. The second-order valence-corrected chi connectivity index (χ2v) is 13.4. The maximum Gasteiger partial charge on any atom is 0.246 e. The molecule has 4 heterocycles. The Morgan fingerprint density at radius 3 is 2.58 bits per heavy atom. The fourth-order valence-electron chi connectivity index (χ4n) is 6.45. The van der Waals surface area contributed by atoms with Crippen molar-refractivity contribution in [1.82, 2.24) is 24.6 Å². The number of nitrogens with zero attached hydrogens (tertiary/aromatic N) is 5. The summed E-state index contributed by atoms with van der Waals surface area (Å²) in [4.78, 5) is 21.3. The van der Waals surface area contributed by atoms with Crippen molar-refractivity contribution in [3.8, 4) is 45.3 Å². The van der Waals surface area contributed by atoms with Gasteiger partial charge in [0, 0.05) is 60.1 Å². The molecule has 1 amide bonds. The van der Waals surface area contributed by atoms with Crippen LogP contribution in [0.1, 0.15) is 38.4 Å². The number of carbonyl (C=O) groups is 1. The highest BCUT2D eigenvalue weighted by molar-refractivity contribution is 7.18. The standard InChI is InChI=1S/C39H42F3N5O4S/c1-5-7-13-45(24-40)16-17-50-28-10-8-26(9-11-28)37-29-12-20-52-39(29)36(35-30(42)21-27(41)22-33(35)51-19-18-49-4)38(43-37)31-23-32-25(3)46(34(48)6-2)14-15-47(32)44-31/h6,8-12,20-23,25H,2,5,7,13-19,24H2,1,3-4H3/t25-/m1/s1. The predicted molar refractivity (Wildman–Crippen MR) is 197 cm³/mol. The van der Waals surface area contributed by atoms with Crippen molar-refractivity contribution in [3.63, 3.8) is 0 Å². The molecule has 13 heteroatoms. The molecule has 1 aliphatic heterocycles. The summed E-state index contributed by atoms with van der Waals surface area (Å²) in [5, 5.41) is 7.60. The van der Waals surface area contributed by atoms with Gasteiger partial charge in [0.05, 0.1) is 36.1 Å². The molecule has 0 spiro atoms. The average molecular weight is 734 g/mol. The van der Waals surface area contributed by atoms with Crippen LogP contribution in [0.5, 0.6) is 11.5 Å². The third kappa shape index (κ3) is 7.71. The summed E-state index contributed by atoms with van der Waals surface area (Å²) in [6, 6.07) is 13.0. The first-order valence-electron chi connectivity index (χ1n) is 17.3. The molecule has 0 radical (unpaired) electrons. The van der Waals surface area contributed by atoms with Crippen molar-refractivity contribution in [1.29, 1.82) is 0 Å². The van der Waals surface area contributed by atoms with E-state index in [1.54, 1.807) is 9.80 Å². The smallest absolute Gasteiger partial charge is 0.246 e. The largest absolute Gasteiger partial charge is 0.492 e. The third-order valence-electron chi connectivity index (χ3n) is 9.18. The summed E-state index contributed by atoms with van der Waals surface area (Å²) in [7, 11) is 1.52. The SMILES string of the molecule is C=CC(=O)N1CCn2nc(-c3nc(-c4ccc(OCCN(CF)CCCC)cc4)c4ccsc4c3-c3c(F)cc(F)cc3OCCOC)cc2[C@H]1C. The third-order valence-corrected chi connectivity index (χ3v) is 10.1. The van der Waals surface area contributed by atoms with Gasteiger partial charge < -0.3 is 19.1 Å². The van der Waals surface area contributed by atoms with Gasteiger partial charge in [0.15, 0.2) is 0 Å². The molecular formula is C39H42F3N5O4S. The van der Waals surface area contributed by atoms with Gasteiger partial charge in [-0.1, -0.05) is 19.9 Å². The lowest BCUT2D eigenvalue weighted by Crippen LogP contribution is -2.40. The molecule has 0 aliphatic carbocycles. The highest BCUT2D eigenvalue weighted by atomic mass is 32.1. The molecule has 0 saturated heterocycles. The van der Waals surface area contributed by atoms with Crippen LogP contribution in [-0.4, -0.2) is 83.8 Å². The summed E-state index contributed by atoms with van der Waals surface area (Å²) in [5.74, 6) is -1.11. The first-order valence-corrected chi connectivity index (χ1v) is 18.2. The number of hydrogen-bond donors (Lipinski definition) is 0. The van der Waals surface area contributed by atoms with Gasteiger partial charge in [0.25, 0.3) is 0 Å². The number of alkyl halides is 1. The van der Waals surface area contributed by atoms with Crippen LogP contribution in [0.15, 0.2) is 66.6 Å². The van der Waals surface area contributed by atoms with Crippen LogP contribution >= 0.6 is 11.3 Å². The van der Waals surface area contributed by atoms with Gasteiger partial charge in [-0.2, -0.15) is 5.10 Å². The van der Waals surface area contributed by atoms with E-state index in [9.17, 15) is 13.6 Å². The molecule has 0 saturated carbocycles. The number of unbranched alkanes of at least 4 members (excludes halogenated alkanes) is 1. The Balaban J connectivity index is 1.46. The minimum absolute atomic E-state index is 0.0164. The molecule has 2 aromatic carbocycles. The number of ether oxygens (including phenoxy) is 3. The Morgan fingerprint density at radius 2 is 1.85 bits per heavy atom. The van der Waals surface area contributed by atoms with Crippen molar-refractivity contribution in [2.24, 2.45) is 0 Å². The van der Waals surface area contributed by atoms with Gasteiger partial charge in [-0.15, -0.1) is 11.3 Å². The van der Waals surface area contributed by atoms with E-state index in [1.165, 1.54) is 30.6 Å². The molecule has 9 nitrogen and oxygen atoms in total. The van der Waals surface area contributed by atoms with Crippen LogP contribution < -0.4 is 9.47 Å². The quantitative estimate of drug-likeness (QED) is 0.0574. The summed E-state index contributed by atoms with van der Waals surface area (Å²) in [5.41, 5.74) is 3.53. The zero-order chi connectivity index (χ0) is 36.8. The van der Waals surface area contributed by atoms with Gasteiger partial charge in [0.2, 0.25) is 5.91 Å². The molecule has 5 aromatic rings. The van der Waals surface area contributed by atoms with Gasteiger partial charge in [0.1, 0.15) is 54.5 Å². The zero-order valence-electron chi connectivity index (χ0n) is 29.5. The Hall–Kier alpha value is -4.72.